The zero-order chi connectivity index (χ0) is 19.5. The molecule has 27 heavy (non-hydrogen) atoms. The highest BCUT2D eigenvalue weighted by atomic mass is 35.5. The van der Waals surface area contributed by atoms with E-state index in [0.29, 0.717) is 21.7 Å². The van der Waals surface area contributed by atoms with E-state index in [4.69, 9.17) is 11.6 Å². The molecule has 0 bridgehead atoms. The number of aromatic amines is 1. The van der Waals surface area contributed by atoms with Gasteiger partial charge in [-0.25, -0.2) is 9.97 Å². The molecule has 1 aromatic carbocycles. The summed E-state index contributed by atoms with van der Waals surface area (Å²) >= 11 is 6.10. The number of rotatable bonds is 1. The van der Waals surface area contributed by atoms with Gasteiger partial charge in [-0.2, -0.15) is 13.2 Å². The number of imidazole rings is 2. The van der Waals surface area contributed by atoms with Crippen LogP contribution in [0.3, 0.4) is 0 Å². The number of amides is 1. The summed E-state index contributed by atoms with van der Waals surface area (Å²) in [7, 11) is 0. The third-order valence-electron chi connectivity index (χ3n) is 4.75. The first-order valence-electron chi connectivity index (χ1n) is 8.25. The second-order valence-electron chi connectivity index (χ2n) is 6.58. The Kier molecular flexibility index (Phi) is 3.95. The number of alkyl halides is 3. The van der Waals surface area contributed by atoms with Crippen molar-refractivity contribution in [2.24, 2.45) is 0 Å². The summed E-state index contributed by atoms with van der Waals surface area (Å²) in [4.78, 5) is 25.3. The maximum atomic E-state index is 13.2. The van der Waals surface area contributed by atoms with Crippen LogP contribution in [0.1, 0.15) is 34.8 Å². The molecule has 2 aromatic heterocycles. The van der Waals surface area contributed by atoms with Gasteiger partial charge < -0.3 is 14.5 Å². The number of carbonyl (C=O) groups excluding carboxylic acids is 1. The van der Waals surface area contributed by atoms with E-state index in [0.717, 1.165) is 4.57 Å². The van der Waals surface area contributed by atoms with E-state index in [2.05, 4.69) is 15.0 Å². The van der Waals surface area contributed by atoms with Gasteiger partial charge >= 0.3 is 6.18 Å². The molecule has 1 atom stereocenters. The molecule has 0 fully saturated rings. The van der Waals surface area contributed by atoms with Crippen LogP contribution in [0.2, 0.25) is 5.02 Å². The number of aryl methyl sites for hydroxylation is 1. The molecule has 0 aliphatic carbocycles. The fraction of sp³-hybridized carbons (Fsp3) is 0.353. The first-order chi connectivity index (χ1) is 12.7. The van der Waals surface area contributed by atoms with Gasteiger partial charge in [-0.3, -0.25) is 4.79 Å². The number of nitrogens with one attached hydrogen (secondary N) is 1. The number of carbonyl (C=O) groups is 1. The van der Waals surface area contributed by atoms with Crippen molar-refractivity contribution < 1.29 is 18.0 Å². The number of aromatic nitrogens is 4. The molecular formula is C17H15ClF3N5O. The summed E-state index contributed by atoms with van der Waals surface area (Å²) < 4.78 is 40.8. The average Bonchev–Trinajstić information content (AvgIpc) is 3.16. The van der Waals surface area contributed by atoms with Crippen LogP contribution in [-0.2, 0) is 19.3 Å². The van der Waals surface area contributed by atoms with Crippen molar-refractivity contribution in [1.82, 2.24) is 24.4 Å². The van der Waals surface area contributed by atoms with E-state index in [1.165, 1.54) is 11.8 Å². The predicted octanol–water partition coefficient (Wildman–Crippen LogP) is 3.78. The standard InChI is InChI=1S/C17H15ClF3N5O/c1-8-6-26-12(9(2)22-16(26)17(19,20)21)7-25(8)15(27)14-23-11-5-3-4-10(18)13(11)24-14/h3-5,8H,6-7H2,1-2H3,(H,23,24). The molecule has 1 N–H and O–H groups in total. The number of H-pyrrole nitrogens is 1. The SMILES string of the molecule is Cc1nc(C(F)(F)F)n2c1CN(C(=O)c1nc3c(Cl)cccc3[nH]1)C(C)C2. The molecular weight excluding hydrogens is 383 g/mol. The van der Waals surface area contributed by atoms with E-state index in [-0.39, 0.29) is 24.6 Å². The summed E-state index contributed by atoms with van der Waals surface area (Å²) in [6.45, 7) is 3.25. The van der Waals surface area contributed by atoms with E-state index < -0.39 is 23.9 Å². The smallest absolute Gasteiger partial charge is 0.334 e. The molecule has 3 heterocycles. The zero-order valence-electron chi connectivity index (χ0n) is 14.4. The number of para-hydroxylation sites is 1. The fourth-order valence-electron chi connectivity index (χ4n) is 3.41. The predicted molar refractivity (Wildman–Crippen MR) is 92.4 cm³/mol. The minimum atomic E-state index is -4.54. The molecule has 0 spiro atoms. The van der Waals surface area contributed by atoms with Crippen LogP contribution in [0, 0.1) is 6.92 Å². The highest BCUT2D eigenvalue weighted by Gasteiger charge is 2.41. The summed E-state index contributed by atoms with van der Waals surface area (Å²) in [6.07, 6.45) is -4.54. The van der Waals surface area contributed by atoms with E-state index in [1.54, 1.807) is 25.1 Å². The van der Waals surface area contributed by atoms with Crippen LogP contribution >= 0.6 is 11.6 Å². The molecule has 0 saturated carbocycles. The lowest BCUT2D eigenvalue weighted by Gasteiger charge is -2.34. The molecule has 10 heteroatoms. The Labute approximate surface area is 157 Å². The topological polar surface area (TPSA) is 66.8 Å². The Balaban J connectivity index is 1.70. The van der Waals surface area contributed by atoms with Crippen molar-refractivity contribution >= 4 is 28.5 Å². The highest BCUT2D eigenvalue weighted by molar-refractivity contribution is 6.35. The first kappa shape index (κ1) is 17.8. The van der Waals surface area contributed by atoms with Crippen molar-refractivity contribution in [1.29, 1.82) is 0 Å². The Hall–Kier alpha value is -2.55. The van der Waals surface area contributed by atoms with Crippen molar-refractivity contribution in [3.05, 3.63) is 46.3 Å². The summed E-state index contributed by atoms with van der Waals surface area (Å²) in [5.74, 6) is -1.22. The van der Waals surface area contributed by atoms with Gasteiger partial charge in [-0.1, -0.05) is 17.7 Å². The second kappa shape index (κ2) is 5.98. The maximum absolute atomic E-state index is 13.2. The minimum absolute atomic E-state index is 0.0116. The lowest BCUT2D eigenvalue weighted by molar-refractivity contribution is -0.148. The summed E-state index contributed by atoms with van der Waals surface area (Å²) in [5.41, 5.74) is 1.74. The van der Waals surface area contributed by atoms with E-state index in [9.17, 15) is 18.0 Å². The molecule has 3 aromatic rings. The number of hydrogen-bond donors (Lipinski definition) is 1. The van der Waals surface area contributed by atoms with Gasteiger partial charge in [0, 0.05) is 12.6 Å². The van der Waals surface area contributed by atoms with Gasteiger partial charge in [-0.15, -0.1) is 0 Å². The highest BCUT2D eigenvalue weighted by Crippen LogP contribution is 2.33. The molecule has 0 saturated heterocycles. The monoisotopic (exact) mass is 397 g/mol. The van der Waals surface area contributed by atoms with Crippen molar-refractivity contribution in [3.63, 3.8) is 0 Å². The van der Waals surface area contributed by atoms with Gasteiger partial charge in [0.05, 0.1) is 28.5 Å². The van der Waals surface area contributed by atoms with Gasteiger partial charge in [-0.05, 0) is 26.0 Å². The van der Waals surface area contributed by atoms with Crippen LogP contribution in [0.25, 0.3) is 11.0 Å². The summed E-state index contributed by atoms with van der Waals surface area (Å²) in [6, 6.07) is 4.70. The number of hydrogen-bond acceptors (Lipinski definition) is 3. The molecule has 1 amide bonds. The van der Waals surface area contributed by atoms with Crippen LogP contribution in [0.5, 0.6) is 0 Å². The molecule has 1 aliphatic heterocycles. The number of nitrogens with zero attached hydrogens (tertiary/aromatic N) is 4. The first-order valence-corrected chi connectivity index (χ1v) is 8.63. The Morgan fingerprint density at radius 2 is 2.07 bits per heavy atom. The van der Waals surface area contributed by atoms with Crippen molar-refractivity contribution in [2.45, 2.75) is 39.2 Å². The maximum Gasteiger partial charge on any atom is 0.449 e. The summed E-state index contributed by atoms with van der Waals surface area (Å²) in [5, 5.41) is 0.415. The Bertz CT molecular complexity index is 1050. The number of benzene rings is 1. The fourth-order valence-corrected chi connectivity index (χ4v) is 3.62. The van der Waals surface area contributed by atoms with Gasteiger partial charge in [0.15, 0.2) is 5.82 Å². The van der Waals surface area contributed by atoms with Crippen molar-refractivity contribution in [2.75, 3.05) is 0 Å². The average molecular weight is 398 g/mol. The number of fused-ring (bicyclic) bond motifs is 2. The lowest BCUT2D eigenvalue weighted by atomic mass is 10.1. The van der Waals surface area contributed by atoms with Gasteiger partial charge in [0.1, 0.15) is 5.52 Å². The zero-order valence-corrected chi connectivity index (χ0v) is 15.2. The third-order valence-corrected chi connectivity index (χ3v) is 5.06. The molecule has 4 rings (SSSR count). The lowest BCUT2D eigenvalue weighted by Crippen LogP contribution is -2.45. The Morgan fingerprint density at radius 3 is 2.74 bits per heavy atom. The molecule has 0 radical (unpaired) electrons. The van der Waals surface area contributed by atoms with Crippen LogP contribution in [-0.4, -0.2) is 36.4 Å². The van der Waals surface area contributed by atoms with E-state index >= 15 is 0 Å². The quantitative estimate of drug-likeness (QED) is 0.679. The minimum Gasteiger partial charge on any atom is -0.334 e. The van der Waals surface area contributed by atoms with Crippen molar-refractivity contribution in [3.8, 4) is 0 Å². The normalized spacial score (nSPS) is 17.4. The molecule has 142 valence electrons. The Morgan fingerprint density at radius 1 is 1.33 bits per heavy atom. The van der Waals surface area contributed by atoms with E-state index in [1.807, 2.05) is 0 Å². The van der Waals surface area contributed by atoms with Crippen LogP contribution in [0.15, 0.2) is 18.2 Å². The van der Waals surface area contributed by atoms with Gasteiger partial charge in [0.25, 0.3) is 5.91 Å². The largest absolute Gasteiger partial charge is 0.449 e. The molecule has 1 unspecified atom stereocenters. The second-order valence-corrected chi connectivity index (χ2v) is 6.99. The number of halogens is 4. The van der Waals surface area contributed by atoms with Crippen LogP contribution in [0.4, 0.5) is 13.2 Å². The third kappa shape index (κ3) is 2.86. The van der Waals surface area contributed by atoms with Crippen LogP contribution < -0.4 is 0 Å². The molecule has 1 aliphatic rings. The molecule has 6 nitrogen and oxygen atoms in total. The van der Waals surface area contributed by atoms with Gasteiger partial charge in [0.2, 0.25) is 5.82 Å².